The number of carbonyl (C=O) groups excluding carboxylic acids is 1. The number of carbonyl (C=O) groups is 1. The summed E-state index contributed by atoms with van der Waals surface area (Å²) < 4.78 is 38.0. The fourth-order valence-electron chi connectivity index (χ4n) is 3.88. The molecule has 2 aromatic carbocycles. The average Bonchev–Trinajstić information content (AvgIpc) is 2.65. The van der Waals surface area contributed by atoms with Gasteiger partial charge in [-0.25, -0.2) is 0 Å². The lowest BCUT2D eigenvalue weighted by Crippen LogP contribution is -2.48. The quantitative estimate of drug-likeness (QED) is 0.482. The zero-order chi connectivity index (χ0) is 22.3. The fraction of sp³-hybridized carbons (Fsp3) is 0.375. The maximum absolute atomic E-state index is 12.4. The van der Waals surface area contributed by atoms with Crippen LogP contribution in [0.5, 0.6) is 0 Å². The van der Waals surface area contributed by atoms with E-state index < -0.39 is 12.1 Å². The zero-order valence-electron chi connectivity index (χ0n) is 18.0. The van der Waals surface area contributed by atoms with Crippen molar-refractivity contribution in [1.82, 2.24) is 4.48 Å². The summed E-state index contributed by atoms with van der Waals surface area (Å²) in [5, 5.41) is 1.86. The topological polar surface area (TPSA) is 29.1 Å². The molecule has 2 aromatic rings. The number of hydrogen-bond donors (Lipinski definition) is 1. The second kappa shape index (κ2) is 7.58. The van der Waals surface area contributed by atoms with Gasteiger partial charge in [-0.3, -0.25) is 9.28 Å². The van der Waals surface area contributed by atoms with Crippen molar-refractivity contribution >= 4 is 28.9 Å². The van der Waals surface area contributed by atoms with Gasteiger partial charge in [-0.1, -0.05) is 32.1 Å². The van der Waals surface area contributed by atoms with Gasteiger partial charge in [-0.05, 0) is 54.0 Å². The lowest BCUT2D eigenvalue weighted by molar-refractivity contribution is -0.167. The van der Waals surface area contributed by atoms with E-state index in [0.29, 0.717) is 0 Å². The van der Waals surface area contributed by atoms with Crippen molar-refractivity contribution in [3.63, 3.8) is 0 Å². The molecule has 1 heterocycles. The first-order valence-corrected chi connectivity index (χ1v) is 9.95. The molecule has 3 rings (SSSR count). The van der Waals surface area contributed by atoms with Gasteiger partial charge in [0.05, 0.1) is 20.6 Å². The Kier molecular flexibility index (Phi) is 5.58. The number of allylic oxidation sites excluding steroid dienone is 1. The molecule has 0 radical (unpaired) electrons. The van der Waals surface area contributed by atoms with E-state index in [1.807, 2.05) is 12.2 Å². The molecule has 1 aliphatic heterocycles. The van der Waals surface area contributed by atoms with Gasteiger partial charge in [0.1, 0.15) is 5.69 Å². The predicted molar refractivity (Wildman–Crippen MR) is 117 cm³/mol. The van der Waals surface area contributed by atoms with Crippen molar-refractivity contribution in [2.45, 2.75) is 38.8 Å². The van der Waals surface area contributed by atoms with Crippen LogP contribution in [-0.4, -0.2) is 32.7 Å². The van der Waals surface area contributed by atoms with Gasteiger partial charge in [-0.15, -0.1) is 0 Å². The minimum absolute atomic E-state index is 0.110. The number of alkyl halides is 3. The number of anilines is 1. The van der Waals surface area contributed by atoms with Crippen molar-refractivity contribution in [3.05, 3.63) is 59.2 Å². The minimum atomic E-state index is -4.90. The summed E-state index contributed by atoms with van der Waals surface area (Å²) in [4.78, 5) is 11.1. The van der Waals surface area contributed by atoms with Crippen LogP contribution in [0.25, 0.3) is 11.6 Å². The molecule has 3 nitrogen and oxygen atoms in total. The van der Waals surface area contributed by atoms with Gasteiger partial charge >= 0.3 is 12.1 Å². The van der Waals surface area contributed by atoms with E-state index in [1.165, 1.54) is 23.4 Å². The molecule has 160 valence electrons. The molecule has 0 aromatic heterocycles. The van der Waals surface area contributed by atoms with E-state index in [1.54, 1.807) is 12.1 Å². The Bertz CT molecular complexity index is 987. The molecule has 0 atom stereocenters. The first kappa shape index (κ1) is 22.1. The predicted octanol–water partition coefficient (Wildman–Crippen LogP) is 6.00. The zero-order valence-corrected chi connectivity index (χ0v) is 18.0. The molecule has 0 saturated heterocycles. The normalized spacial score (nSPS) is 17.9. The van der Waals surface area contributed by atoms with Crippen molar-refractivity contribution in [2.75, 3.05) is 26.0 Å². The second-order valence-corrected chi connectivity index (χ2v) is 9.18. The summed E-state index contributed by atoms with van der Waals surface area (Å²) in [6, 6.07) is 12.9. The highest BCUT2D eigenvalue weighted by Gasteiger charge is 2.39. The van der Waals surface area contributed by atoms with Crippen LogP contribution >= 0.6 is 0 Å². The van der Waals surface area contributed by atoms with E-state index in [-0.39, 0.29) is 11.1 Å². The van der Waals surface area contributed by atoms with Crippen molar-refractivity contribution in [1.29, 1.82) is 0 Å². The lowest BCUT2D eigenvalue weighted by Gasteiger charge is -2.42. The summed E-state index contributed by atoms with van der Waals surface area (Å²) >= 11 is 0. The van der Waals surface area contributed by atoms with Crippen LogP contribution in [0.3, 0.4) is 0 Å². The van der Waals surface area contributed by atoms with Gasteiger partial charge in [0, 0.05) is 23.1 Å². The smallest absolute Gasteiger partial charge is 0.318 e. The molecule has 0 aliphatic carbocycles. The number of rotatable bonds is 3. The molecule has 0 bridgehead atoms. The van der Waals surface area contributed by atoms with Gasteiger partial charge < -0.3 is 5.32 Å². The highest BCUT2D eigenvalue weighted by atomic mass is 19.4. The molecular weight excluding hydrogens is 389 g/mol. The van der Waals surface area contributed by atoms with Gasteiger partial charge in [0.2, 0.25) is 0 Å². The highest BCUT2D eigenvalue weighted by Crippen LogP contribution is 2.42. The molecular formula is C24H28F3N2O+. The lowest BCUT2D eigenvalue weighted by atomic mass is 9.76. The third-order valence-corrected chi connectivity index (χ3v) is 5.94. The molecule has 1 aliphatic rings. The van der Waals surface area contributed by atoms with Crippen molar-refractivity contribution in [3.8, 4) is 0 Å². The highest BCUT2D eigenvalue weighted by molar-refractivity contribution is 5.95. The van der Waals surface area contributed by atoms with Gasteiger partial charge in [-0.2, -0.15) is 13.2 Å². The summed E-state index contributed by atoms with van der Waals surface area (Å²) in [5.41, 5.74) is 5.88. The number of halogens is 3. The second-order valence-electron chi connectivity index (χ2n) is 9.18. The summed E-state index contributed by atoms with van der Waals surface area (Å²) in [5.74, 6) is -1.97. The molecule has 30 heavy (non-hydrogen) atoms. The van der Waals surface area contributed by atoms with Crippen LogP contribution < -0.4 is 9.80 Å². The summed E-state index contributed by atoms with van der Waals surface area (Å²) in [6.07, 6.45) is -1.71. The standard InChI is InChI=1S/C24H27F3N2O/c1-16(18-7-9-19(10-8-18)28-22(30)24(25,26)27)14-17-6-11-21-20(15-17)23(2,3)12-13-29(21,4)5/h6-11,14-15H,12-13H2,1-5H3/p+1/b16-14+. The molecule has 6 heteroatoms. The Morgan fingerprint density at radius 3 is 2.33 bits per heavy atom. The van der Waals surface area contributed by atoms with Gasteiger partial charge in [0.25, 0.3) is 0 Å². The third-order valence-electron chi connectivity index (χ3n) is 5.94. The molecule has 0 unspecified atom stereocenters. The Hall–Kier alpha value is -2.60. The van der Waals surface area contributed by atoms with E-state index in [2.05, 4.69) is 52.2 Å². The van der Waals surface area contributed by atoms with E-state index >= 15 is 0 Å². The number of fused-ring (bicyclic) bond motifs is 1. The molecule has 1 N–H and O–H groups in total. The van der Waals surface area contributed by atoms with Crippen LogP contribution in [0.15, 0.2) is 42.5 Å². The molecule has 1 amide bonds. The first-order chi connectivity index (χ1) is 13.8. The van der Waals surface area contributed by atoms with Crippen molar-refractivity contribution < 1.29 is 18.0 Å². The Labute approximate surface area is 175 Å². The minimum Gasteiger partial charge on any atom is -0.318 e. The number of nitrogens with zero attached hydrogens (tertiary/aromatic N) is 1. The summed E-state index contributed by atoms with van der Waals surface area (Å²) in [7, 11) is 4.46. The first-order valence-electron chi connectivity index (χ1n) is 9.95. The van der Waals surface area contributed by atoms with Crippen LogP contribution in [0, 0.1) is 0 Å². The van der Waals surface area contributed by atoms with Crippen LogP contribution in [0.2, 0.25) is 0 Å². The van der Waals surface area contributed by atoms with Crippen LogP contribution in [-0.2, 0) is 10.2 Å². The van der Waals surface area contributed by atoms with Crippen LogP contribution in [0.1, 0.15) is 43.9 Å². The Balaban J connectivity index is 1.85. The van der Waals surface area contributed by atoms with E-state index in [9.17, 15) is 18.0 Å². The number of nitrogens with one attached hydrogen (secondary N) is 1. The molecule has 0 fully saturated rings. The SMILES string of the molecule is C/C(=C\c1ccc2c(c1)C(C)(C)CC[N+]2(C)C)c1ccc(NC(=O)C(F)(F)F)cc1. The largest absolute Gasteiger partial charge is 0.471 e. The van der Waals surface area contributed by atoms with E-state index in [4.69, 9.17) is 0 Å². The summed E-state index contributed by atoms with van der Waals surface area (Å²) in [6.45, 7) is 7.62. The molecule has 0 saturated carbocycles. The van der Waals surface area contributed by atoms with Gasteiger partial charge in [0.15, 0.2) is 0 Å². The maximum atomic E-state index is 12.4. The molecule has 0 spiro atoms. The number of amides is 1. The Morgan fingerprint density at radius 2 is 1.73 bits per heavy atom. The average molecular weight is 417 g/mol. The fourth-order valence-corrected chi connectivity index (χ4v) is 3.88. The van der Waals surface area contributed by atoms with Crippen LogP contribution in [0.4, 0.5) is 24.5 Å². The van der Waals surface area contributed by atoms with Crippen molar-refractivity contribution in [2.24, 2.45) is 0 Å². The Morgan fingerprint density at radius 1 is 1.10 bits per heavy atom. The maximum Gasteiger partial charge on any atom is 0.471 e. The number of quaternary nitrogens is 1. The monoisotopic (exact) mass is 417 g/mol. The third kappa shape index (κ3) is 4.59. The number of benzene rings is 2. The number of hydrogen-bond acceptors (Lipinski definition) is 1. The van der Waals surface area contributed by atoms with E-state index in [0.717, 1.165) is 34.1 Å².